The summed E-state index contributed by atoms with van der Waals surface area (Å²) in [6, 6.07) is 1.66. The number of nitrogens with zero attached hydrogens (tertiary/aromatic N) is 1. The summed E-state index contributed by atoms with van der Waals surface area (Å²) in [4.78, 5) is 2.52. The van der Waals surface area contributed by atoms with Gasteiger partial charge in [0, 0.05) is 18.6 Å². The number of hydrogen-bond acceptors (Lipinski definition) is 2. The molecule has 10 heavy (non-hydrogen) atoms. The van der Waals surface area contributed by atoms with Crippen LogP contribution < -0.4 is 5.32 Å². The zero-order valence-electron chi connectivity index (χ0n) is 6.80. The van der Waals surface area contributed by atoms with Crippen LogP contribution in [0.15, 0.2) is 0 Å². The molecular formula is C8H16N2. The van der Waals surface area contributed by atoms with Gasteiger partial charge >= 0.3 is 0 Å². The molecule has 2 saturated heterocycles. The fourth-order valence-corrected chi connectivity index (χ4v) is 2.37. The van der Waals surface area contributed by atoms with Crippen molar-refractivity contribution in [2.24, 2.45) is 5.92 Å². The lowest BCUT2D eigenvalue weighted by atomic mass is 10.0. The van der Waals surface area contributed by atoms with Gasteiger partial charge < -0.3 is 5.32 Å². The average molecular weight is 140 g/mol. The molecule has 58 valence electrons. The monoisotopic (exact) mass is 140 g/mol. The lowest BCUT2D eigenvalue weighted by Gasteiger charge is -2.21. The maximum atomic E-state index is 3.43. The van der Waals surface area contributed by atoms with Crippen LogP contribution in [0.25, 0.3) is 0 Å². The SMILES string of the molecule is C[C@@H]1C[C@@H]2CNC[C@H]2N1C. The number of likely N-dealkylation sites (N-methyl/N-ethyl adjacent to an activating group) is 1. The van der Waals surface area contributed by atoms with Crippen molar-refractivity contribution >= 4 is 0 Å². The van der Waals surface area contributed by atoms with Crippen molar-refractivity contribution in [2.45, 2.75) is 25.4 Å². The van der Waals surface area contributed by atoms with Crippen LogP contribution in [-0.4, -0.2) is 37.1 Å². The van der Waals surface area contributed by atoms with Gasteiger partial charge in [0.05, 0.1) is 0 Å². The normalized spacial score (nSPS) is 48.0. The highest BCUT2D eigenvalue weighted by atomic mass is 15.2. The van der Waals surface area contributed by atoms with E-state index in [1.807, 2.05) is 0 Å². The van der Waals surface area contributed by atoms with Gasteiger partial charge in [0.2, 0.25) is 0 Å². The Bertz CT molecular complexity index is 133. The van der Waals surface area contributed by atoms with E-state index in [1.165, 1.54) is 19.5 Å². The molecule has 3 atom stereocenters. The molecular weight excluding hydrogens is 124 g/mol. The van der Waals surface area contributed by atoms with Gasteiger partial charge in [-0.15, -0.1) is 0 Å². The molecule has 0 saturated carbocycles. The highest BCUT2D eigenvalue weighted by Gasteiger charge is 2.39. The van der Waals surface area contributed by atoms with Gasteiger partial charge in [-0.05, 0) is 32.9 Å². The first-order valence-corrected chi connectivity index (χ1v) is 4.21. The maximum Gasteiger partial charge on any atom is 0.0261 e. The maximum absolute atomic E-state index is 3.43. The smallest absolute Gasteiger partial charge is 0.0261 e. The van der Waals surface area contributed by atoms with E-state index < -0.39 is 0 Å². The van der Waals surface area contributed by atoms with Gasteiger partial charge in [0.15, 0.2) is 0 Å². The second-order valence-corrected chi connectivity index (χ2v) is 3.74. The van der Waals surface area contributed by atoms with Crippen molar-refractivity contribution in [3.05, 3.63) is 0 Å². The van der Waals surface area contributed by atoms with Crippen LogP contribution in [0.2, 0.25) is 0 Å². The number of fused-ring (bicyclic) bond motifs is 1. The predicted octanol–water partition coefficient (Wildman–Crippen LogP) is 0.298. The van der Waals surface area contributed by atoms with Gasteiger partial charge in [-0.2, -0.15) is 0 Å². The zero-order valence-corrected chi connectivity index (χ0v) is 6.80. The van der Waals surface area contributed by atoms with E-state index in [0.29, 0.717) is 0 Å². The van der Waals surface area contributed by atoms with E-state index in [1.54, 1.807) is 0 Å². The molecule has 2 aliphatic rings. The number of nitrogens with one attached hydrogen (secondary N) is 1. The molecule has 0 aromatic carbocycles. The molecule has 2 heteroatoms. The van der Waals surface area contributed by atoms with Crippen LogP contribution in [-0.2, 0) is 0 Å². The van der Waals surface area contributed by atoms with Crippen molar-refractivity contribution in [1.82, 2.24) is 10.2 Å². The van der Waals surface area contributed by atoms with Crippen molar-refractivity contribution in [2.75, 3.05) is 20.1 Å². The number of likely N-dealkylation sites (tertiary alicyclic amines) is 1. The first-order valence-electron chi connectivity index (χ1n) is 4.21. The van der Waals surface area contributed by atoms with Crippen molar-refractivity contribution < 1.29 is 0 Å². The average Bonchev–Trinajstić information content (AvgIpc) is 2.41. The molecule has 0 aliphatic carbocycles. The fourth-order valence-electron chi connectivity index (χ4n) is 2.37. The van der Waals surface area contributed by atoms with Crippen molar-refractivity contribution in [3.8, 4) is 0 Å². The number of hydrogen-bond donors (Lipinski definition) is 1. The first kappa shape index (κ1) is 6.62. The van der Waals surface area contributed by atoms with Crippen molar-refractivity contribution in [1.29, 1.82) is 0 Å². The van der Waals surface area contributed by atoms with E-state index in [-0.39, 0.29) is 0 Å². The van der Waals surface area contributed by atoms with Crippen LogP contribution >= 0.6 is 0 Å². The summed E-state index contributed by atoms with van der Waals surface area (Å²) in [5.74, 6) is 0.944. The largest absolute Gasteiger partial charge is 0.315 e. The third kappa shape index (κ3) is 0.789. The second-order valence-electron chi connectivity index (χ2n) is 3.74. The highest BCUT2D eigenvalue weighted by molar-refractivity contribution is 4.96. The summed E-state index contributed by atoms with van der Waals surface area (Å²) >= 11 is 0. The summed E-state index contributed by atoms with van der Waals surface area (Å²) in [5.41, 5.74) is 0. The molecule has 0 spiro atoms. The minimum absolute atomic E-state index is 0.817. The summed E-state index contributed by atoms with van der Waals surface area (Å²) in [7, 11) is 2.25. The summed E-state index contributed by atoms with van der Waals surface area (Å²) < 4.78 is 0. The van der Waals surface area contributed by atoms with Crippen molar-refractivity contribution in [3.63, 3.8) is 0 Å². The molecule has 0 unspecified atom stereocenters. The Kier molecular flexibility index (Phi) is 1.46. The molecule has 2 rings (SSSR count). The first-order chi connectivity index (χ1) is 4.79. The minimum Gasteiger partial charge on any atom is -0.315 e. The third-order valence-electron chi connectivity index (χ3n) is 3.17. The van der Waals surface area contributed by atoms with Gasteiger partial charge in [-0.25, -0.2) is 0 Å². The Hall–Kier alpha value is -0.0800. The van der Waals surface area contributed by atoms with Crippen LogP contribution in [0, 0.1) is 5.92 Å². The Balaban J connectivity index is 2.09. The molecule has 0 radical (unpaired) electrons. The molecule has 0 amide bonds. The summed E-state index contributed by atoms with van der Waals surface area (Å²) in [5, 5.41) is 3.43. The molecule has 0 aromatic heterocycles. The lowest BCUT2D eigenvalue weighted by Crippen LogP contribution is -2.34. The summed E-state index contributed by atoms with van der Waals surface area (Å²) in [6.07, 6.45) is 1.40. The Morgan fingerprint density at radius 3 is 2.90 bits per heavy atom. The molecule has 1 N–H and O–H groups in total. The molecule has 0 bridgehead atoms. The molecule has 0 aromatic rings. The molecule has 2 fully saturated rings. The van der Waals surface area contributed by atoms with E-state index in [4.69, 9.17) is 0 Å². The second kappa shape index (κ2) is 2.21. The Labute approximate surface area is 62.6 Å². The molecule has 2 aliphatic heterocycles. The Morgan fingerprint density at radius 2 is 2.20 bits per heavy atom. The van der Waals surface area contributed by atoms with Gasteiger partial charge in [0.1, 0.15) is 0 Å². The third-order valence-corrected chi connectivity index (χ3v) is 3.17. The van der Waals surface area contributed by atoms with Gasteiger partial charge in [0.25, 0.3) is 0 Å². The standard InChI is InChI=1S/C8H16N2/c1-6-3-7-4-9-5-8(7)10(6)2/h6-9H,3-5H2,1-2H3/t6-,7-,8-/m1/s1. The quantitative estimate of drug-likeness (QED) is 0.520. The highest BCUT2D eigenvalue weighted by Crippen LogP contribution is 2.30. The Morgan fingerprint density at radius 1 is 1.40 bits per heavy atom. The number of rotatable bonds is 0. The molecule has 2 heterocycles. The summed E-state index contributed by atoms with van der Waals surface area (Å²) in [6.45, 7) is 4.79. The predicted molar refractivity (Wildman–Crippen MR) is 42.0 cm³/mol. The zero-order chi connectivity index (χ0) is 7.14. The van der Waals surface area contributed by atoms with E-state index in [9.17, 15) is 0 Å². The van der Waals surface area contributed by atoms with E-state index in [0.717, 1.165) is 18.0 Å². The lowest BCUT2D eigenvalue weighted by molar-refractivity contribution is 0.255. The van der Waals surface area contributed by atoms with E-state index in [2.05, 4.69) is 24.2 Å². The topological polar surface area (TPSA) is 15.3 Å². The molecule has 2 nitrogen and oxygen atoms in total. The van der Waals surface area contributed by atoms with Crippen LogP contribution in [0.1, 0.15) is 13.3 Å². The van der Waals surface area contributed by atoms with Crippen LogP contribution in [0.3, 0.4) is 0 Å². The van der Waals surface area contributed by atoms with E-state index >= 15 is 0 Å². The minimum atomic E-state index is 0.817. The van der Waals surface area contributed by atoms with Crippen LogP contribution in [0.4, 0.5) is 0 Å². The van der Waals surface area contributed by atoms with Gasteiger partial charge in [-0.1, -0.05) is 0 Å². The fraction of sp³-hybridized carbons (Fsp3) is 1.00. The van der Waals surface area contributed by atoms with Crippen LogP contribution in [0.5, 0.6) is 0 Å². The van der Waals surface area contributed by atoms with Gasteiger partial charge in [-0.3, -0.25) is 4.90 Å².